The van der Waals surface area contributed by atoms with Crippen LogP contribution >= 0.6 is 11.3 Å². The molecule has 1 aromatic rings. The molecule has 0 spiro atoms. The highest BCUT2D eigenvalue weighted by molar-refractivity contribution is 7.08. The molecule has 1 aliphatic heterocycles. The Hall–Kier alpha value is -1.01. The quantitative estimate of drug-likeness (QED) is 0.879. The molecule has 2 heterocycles. The van der Waals surface area contributed by atoms with Gasteiger partial charge < -0.3 is 5.11 Å². The Morgan fingerprint density at radius 3 is 2.88 bits per heavy atom. The fourth-order valence-corrected chi connectivity index (χ4v) is 3.05. The molecule has 0 amide bonds. The molecule has 0 aromatic carbocycles. The van der Waals surface area contributed by atoms with E-state index in [4.69, 9.17) is 5.11 Å². The molecule has 0 bridgehead atoms. The van der Waals surface area contributed by atoms with Crippen molar-refractivity contribution in [2.24, 2.45) is 0 Å². The zero-order chi connectivity index (χ0) is 12.4. The van der Waals surface area contributed by atoms with E-state index in [-0.39, 0.29) is 11.6 Å². The van der Waals surface area contributed by atoms with Crippen LogP contribution in [-0.2, 0) is 4.79 Å². The van der Waals surface area contributed by atoms with Crippen LogP contribution < -0.4 is 5.32 Å². The number of rotatable bonds is 3. The number of thiophene rings is 1. The zero-order valence-corrected chi connectivity index (χ0v) is 9.84. The minimum atomic E-state index is -2.50. The maximum absolute atomic E-state index is 12.7. The Morgan fingerprint density at radius 2 is 2.24 bits per heavy atom. The second kappa shape index (κ2) is 5.10. The van der Waals surface area contributed by atoms with Gasteiger partial charge in [0.1, 0.15) is 6.04 Å². The van der Waals surface area contributed by atoms with Crippen molar-refractivity contribution in [2.45, 2.75) is 37.8 Å². The maximum Gasteiger partial charge on any atom is 0.320 e. The first-order valence-corrected chi connectivity index (χ1v) is 6.37. The molecule has 1 aromatic heterocycles. The Balaban J connectivity index is 2.16. The summed E-state index contributed by atoms with van der Waals surface area (Å²) in [6.45, 7) is 0. The van der Waals surface area contributed by atoms with Gasteiger partial charge >= 0.3 is 5.97 Å². The predicted molar refractivity (Wildman–Crippen MR) is 60.4 cm³/mol. The minimum absolute atomic E-state index is 0.0264. The van der Waals surface area contributed by atoms with Crippen LogP contribution in [0.4, 0.5) is 8.78 Å². The highest BCUT2D eigenvalue weighted by Gasteiger charge is 2.29. The van der Waals surface area contributed by atoms with Crippen LogP contribution in [0, 0.1) is 0 Å². The van der Waals surface area contributed by atoms with Gasteiger partial charge in [0.15, 0.2) is 0 Å². The van der Waals surface area contributed by atoms with Gasteiger partial charge in [-0.25, -0.2) is 8.78 Å². The summed E-state index contributed by atoms with van der Waals surface area (Å²) in [5.41, 5.74) is 0.578. The molecule has 2 unspecified atom stereocenters. The van der Waals surface area contributed by atoms with Crippen molar-refractivity contribution in [1.82, 2.24) is 5.32 Å². The lowest BCUT2D eigenvalue weighted by atomic mass is 9.93. The van der Waals surface area contributed by atoms with E-state index in [1.54, 1.807) is 5.38 Å². The molecule has 0 aliphatic carbocycles. The van der Waals surface area contributed by atoms with E-state index < -0.39 is 18.4 Å². The third kappa shape index (κ3) is 2.63. The molecule has 2 atom stereocenters. The maximum atomic E-state index is 12.7. The first kappa shape index (κ1) is 12.4. The molecule has 1 aliphatic rings. The Morgan fingerprint density at radius 1 is 1.47 bits per heavy atom. The number of carboxylic acid groups (broad SMARTS) is 1. The highest BCUT2D eigenvalue weighted by Crippen LogP contribution is 2.35. The predicted octanol–water partition coefficient (Wildman–Crippen LogP) is 2.95. The molecule has 0 saturated carbocycles. The monoisotopic (exact) mass is 261 g/mol. The van der Waals surface area contributed by atoms with E-state index in [0.29, 0.717) is 18.4 Å². The summed E-state index contributed by atoms with van der Waals surface area (Å²) in [6.07, 6.45) is -0.490. The zero-order valence-electron chi connectivity index (χ0n) is 9.03. The van der Waals surface area contributed by atoms with Crippen LogP contribution in [0.5, 0.6) is 0 Å². The molecule has 1 fully saturated rings. The summed E-state index contributed by atoms with van der Waals surface area (Å²) in [7, 11) is 0. The number of carboxylic acids is 1. The van der Waals surface area contributed by atoms with E-state index in [2.05, 4.69) is 5.32 Å². The van der Waals surface area contributed by atoms with Gasteiger partial charge in [0, 0.05) is 11.6 Å². The van der Waals surface area contributed by atoms with Crippen LogP contribution in [0.15, 0.2) is 10.8 Å². The number of nitrogens with one attached hydrogen (secondary N) is 1. The number of piperidine rings is 1. The SMILES string of the molecule is O=C(O)C1CCCC(c2cscc2C(F)F)N1. The summed E-state index contributed by atoms with van der Waals surface area (Å²) in [4.78, 5) is 10.9. The average molecular weight is 261 g/mol. The Labute approximate surface area is 101 Å². The van der Waals surface area contributed by atoms with Crippen molar-refractivity contribution in [3.8, 4) is 0 Å². The highest BCUT2D eigenvalue weighted by atomic mass is 32.1. The van der Waals surface area contributed by atoms with Crippen LogP contribution in [0.2, 0.25) is 0 Å². The lowest BCUT2D eigenvalue weighted by Crippen LogP contribution is -2.42. The molecule has 3 nitrogen and oxygen atoms in total. The Kier molecular flexibility index (Phi) is 3.73. The van der Waals surface area contributed by atoms with Crippen molar-refractivity contribution in [3.05, 3.63) is 21.9 Å². The third-order valence-corrected chi connectivity index (χ3v) is 3.80. The minimum Gasteiger partial charge on any atom is -0.480 e. The smallest absolute Gasteiger partial charge is 0.320 e. The van der Waals surface area contributed by atoms with Crippen LogP contribution in [0.3, 0.4) is 0 Å². The van der Waals surface area contributed by atoms with Crippen molar-refractivity contribution >= 4 is 17.3 Å². The number of carbonyl (C=O) groups is 1. The topological polar surface area (TPSA) is 49.3 Å². The number of halogens is 2. The van der Waals surface area contributed by atoms with Gasteiger partial charge in [0.05, 0.1) is 0 Å². The normalized spacial score (nSPS) is 25.1. The van der Waals surface area contributed by atoms with Crippen LogP contribution in [0.25, 0.3) is 0 Å². The molecule has 1 saturated heterocycles. The van der Waals surface area contributed by atoms with E-state index >= 15 is 0 Å². The first-order chi connectivity index (χ1) is 8.09. The molecule has 94 valence electrons. The third-order valence-electron chi connectivity index (χ3n) is 3.02. The van der Waals surface area contributed by atoms with Gasteiger partial charge in [-0.05, 0) is 35.6 Å². The Bertz CT molecular complexity index is 408. The van der Waals surface area contributed by atoms with Crippen molar-refractivity contribution in [3.63, 3.8) is 0 Å². The number of hydrogen-bond acceptors (Lipinski definition) is 3. The van der Waals surface area contributed by atoms with Gasteiger partial charge in [-0.15, -0.1) is 0 Å². The van der Waals surface area contributed by atoms with Gasteiger partial charge in [-0.2, -0.15) is 11.3 Å². The summed E-state index contributed by atoms with van der Waals surface area (Å²) < 4.78 is 25.5. The fourth-order valence-electron chi connectivity index (χ4n) is 2.15. The van der Waals surface area contributed by atoms with Crippen molar-refractivity contribution < 1.29 is 18.7 Å². The number of hydrogen-bond donors (Lipinski definition) is 2. The molecule has 6 heteroatoms. The van der Waals surface area contributed by atoms with Gasteiger partial charge in [-0.3, -0.25) is 10.1 Å². The van der Waals surface area contributed by atoms with E-state index in [1.807, 2.05) is 0 Å². The summed E-state index contributed by atoms with van der Waals surface area (Å²) in [5, 5.41) is 15.0. The lowest BCUT2D eigenvalue weighted by Gasteiger charge is -2.29. The van der Waals surface area contributed by atoms with Crippen molar-refractivity contribution in [2.75, 3.05) is 0 Å². The largest absolute Gasteiger partial charge is 0.480 e. The summed E-state index contributed by atoms with van der Waals surface area (Å²) >= 11 is 1.23. The number of aliphatic carboxylic acids is 1. The first-order valence-electron chi connectivity index (χ1n) is 5.42. The van der Waals surface area contributed by atoms with Gasteiger partial charge in [0.25, 0.3) is 6.43 Å². The van der Waals surface area contributed by atoms with Gasteiger partial charge in [0.2, 0.25) is 0 Å². The molecule has 0 radical (unpaired) electrons. The summed E-state index contributed by atoms with van der Waals surface area (Å²) in [5.74, 6) is -0.913. The second-order valence-electron chi connectivity index (χ2n) is 4.12. The van der Waals surface area contributed by atoms with Crippen LogP contribution in [0.1, 0.15) is 42.9 Å². The molecule has 2 rings (SSSR count). The lowest BCUT2D eigenvalue weighted by molar-refractivity contribution is -0.140. The van der Waals surface area contributed by atoms with E-state index in [1.165, 1.54) is 16.7 Å². The fraction of sp³-hybridized carbons (Fsp3) is 0.545. The molecular formula is C11H13F2NO2S. The van der Waals surface area contributed by atoms with E-state index in [0.717, 1.165) is 6.42 Å². The van der Waals surface area contributed by atoms with Gasteiger partial charge in [-0.1, -0.05) is 0 Å². The number of alkyl halides is 2. The standard InChI is InChI=1S/C11H13F2NO2S/c12-10(13)7-5-17-4-6(7)8-2-1-3-9(14-8)11(15)16/h4-5,8-10,14H,1-3H2,(H,15,16). The van der Waals surface area contributed by atoms with Crippen LogP contribution in [-0.4, -0.2) is 17.1 Å². The molecule has 2 N–H and O–H groups in total. The summed E-state index contributed by atoms with van der Waals surface area (Å²) in [6, 6.07) is -0.890. The van der Waals surface area contributed by atoms with E-state index in [9.17, 15) is 13.6 Å². The molecule has 17 heavy (non-hydrogen) atoms. The average Bonchev–Trinajstić information content (AvgIpc) is 2.78. The second-order valence-corrected chi connectivity index (χ2v) is 4.87. The molecular weight excluding hydrogens is 248 g/mol. The van der Waals surface area contributed by atoms with Crippen molar-refractivity contribution in [1.29, 1.82) is 0 Å².